The number of carbonyl (C=O) groups excluding carboxylic acids is 2. The fourth-order valence-corrected chi connectivity index (χ4v) is 2.43. The van der Waals surface area contributed by atoms with Gasteiger partial charge in [0.2, 0.25) is 18.3 Å². The Labute approximate surface area is 121 Å². The van der Waals surface area contributed by atoms with Crippen LogP contribution in [0.2, 0.25) is 19.6 Å². The molecule has 1 N–H and O–H groups in total. The zero-order valence-corrected chi connectivity index (χ0v) is 13.4. The van der Waals surface area contributed by atoms with Crippen molar-refractivity contribution >= 4 is 55.1 Å². The molecule has 0 aromatic rings. The molecule has 1 aliphatic heterocycles. The lowest BCUT2D eigenvalue weighted by Crippen LogP contribution is -2.41. The molecule has 9 heteroatoms. The fraction of sp³-hybridized carbons (Fsp3) is 0.778. The van der Waals surface area contributed by atoms with Gasteiger partial charge in [0.25, 0.3) is 5.97 Å². The zero-order chi connectivity index (χ0) is 14.1. The molecule has 104 valence electrons. The number of hydrogen-bond donors (Lipinski definition) is 1. The van der Waals surface area contributed by atoms with E-state index in [1.165, 1.54) is 0 Å². The van der Waals surface area contributed by atoms with Crippen LogP contribution < -0.4 is 5.32 Å². The number of cyclic esters (lactones) is 1. The summed E-state index contributed by atoms with van der Waals surface area (Å²) in [5.74, 6) is -1.09. The summed E-state index contributed by atoms with van der Waals surface area (Å²) in [6.45, 7) is 5.61. The Morgan fingerprint density at radius 3 is 2.39 bits per heavy atom. The van der Waals surface area contributed by atoms with Gasteiger partial charge in [0.15, 0.2) is 0 Å². The van der Waals surface area contributed by atoms with Crippen LogP contribution in [0, 0.1) is 0 Å². The Bertz CT molecular complexity index is 353. The van der Waals surface area contributed by atoms with Crippen LogP contribution in [0.25, 0.3) is 0 Å². The predicted octanol–water partition coefficient (Wildman–Crippen LogP) is 1.97. The highest BCUT2D eigenvalue weighted by atomic mass is 35.6. The van der Waals surface area contributed by atoms with Crippen molar-refractivity contribution in [2.75, 3.05) is 0 Å². The van der Waals surface area contributed by atoms with E-state index in [2.05, 4.69) is 5.32 Å². The molecule has 18 heavy (non-hydrogen) atoms. The maximum atomic E-state index is 11.6. The second-order valence-corrected chi connectivity index (χ2v) is 11.7. The van der Waals surface area contributed by atoms with Gasteiger partial charge in [-0.15, -0.1) is 0 Å². The first kappa shape index (κ1) is 16.0. The second-order valence-electron chi connectivity index (χ2n) is 4.87. The summed E-state index contributed by atoms with van der Waals surface area (Å²) in [4.78, 5) is 23.1. The van der Waals surface area contributed by atoms with Gasteiger partial charge in [0.1, 0.15) is 6.04 Å². The Morgan fingerprint density at radius 2 is 2.00 bits per heavy atom. The van der Waals surface area contributed by atoms with Gasteiger partial charge < -0.3 is 9.16 Å². The Balaban J connectivity index is 2.55. The first-order valence-corrected chi connectivity index (χ1v) is 9.78. The van der Waals surface area contributed by atoms with Gasteiger partial charge >= 0.3 is 5.97 Å². The minimum absolute atomic E-state index is 0.139. The molecule has 0 aromatic carbocycles. The van der Waals surface area contributed by atoms with Gasteiger partial charge in [-0.05, 0) is 19.6 Å². The quantitative estimate of drug-likeness (QED) is 0.485. The summed E-state index contributed by atoms with van der Waals surface area (Å²) in [5, 5.41) is 2.64. The van der Waals surface area contributed by atoms with Gasteiger partial charge in [-0.2, -0.15) is 0 Å². The van der Waals surface area contributed by atoms with Crippen molar-refractivity contribution in [1.82, 2.24) is 5.32 Å². The van der Waals surface area contributed by atoms with Crippen LogP contribution in [-0.4, -0.2) is 36.3 Å². The van der Waals surface area contributed by atoms with Crippen LogP contribution in [0.15, 0.2) is 0 Å². The smallest absolute Gasteiger partial charge is 0.325 e. The molecule has 0 bridgehead atoms. The van der Waals surface area contributed by atoms with E-state index in [1.807, 2.05) is 19.6 Å². The van der Waals surface area contributed by atoms with Crippen molar-refractivity contribution in [2.45, 2.75) is 42.1 Å². The largest absolute Gasteiger partial charge is 0.520 e. The molecule has 1 aliphatic rings. The number of ether oxygens (including phenoxy) is 1. The molecule has 1 rings (SSSR count). The molecule has 1 saturated heterocycles. The number of alkyl halides is 3. The minimum Gasteiger partial charge on any atom is -0.520 e. The van der Waals surface area contributed by atoms with E-state index in [9.17, 15) is 9.59 Å². The zero-order valence-electron chi connectivity index (χ0n) is 10.1. The molecule has 1 heterocycles. The van der Waals surface area contributed by atoms with Crippen molar-refractivity contribution in [3.8, 4) is 0 Å². The summed E-state index contributed by atoms with van der Waals surface area (Å²) in [6, 6.07) is -0.838. The third kappa shape index (κ3) is 4.93. The number of hydrogen-bond acceptors (Lipinski definition) is 5. The summed E-state index contributed by atoms with van der Waals surface area (Å²) in [6.07, 6.45) is -1.19. The standard InChI is InChI=1S/C9H14Cl3NO4Si/c1-18(2,3)17-6(14)4-5-7(15)16-8(13-5)9(10,11)12/h5,8,13H,4H2,1-3H3. The van der Waals surface area contributed by atoms with Crippen LogP contribution in [0.5, 0.6) is 0 Å². The van der Waals surface area contributed by atoms with E-state index in [4.69, 9.17) is 44.0 Å². The van der Waals surface area contributed by atoms with Gasteiger partial charge in [0, 0.05) is 0 Å². The number of esters is 1. The Morgan fingerprint density at radius 1 is 1.44 bits per heavy atom. The molecule has 0 aliphatic carbocycles. The number of carbonyl (C=O) groups is 2. The highest BCUT2D eigenvalue weighted by Gasteiger charge is 2.45. The third-order valence-electron chi connectivity index (χ3n) is 1.96. The van der Waals surface area contributed by atoms with E-state index in [0.29, 0.717) is 0 Å². The average molecular weight is 335 g/mol. The number of halogens is 3. The highest BCUT2D eigenvalue weighted by molar-refractivity contribution is 6.71. The van der Waals surface area contributed by atoms with Crippen molar-refractivity contribution < 1.29 is 18.8 Å². The summed E-state index contributed by atoms with van der Waals surface area (Å²) >= 11 is 16.8. The Hall–Kier alpha value is -0.0131. The van der Waals surface area contributed by atoms with Crippen LogP contribution in [-0.2, 0) is 18.8 Å². The molecule has 0 radical (unpaired) electrons. The molecule has 0 aromatic heterocycles. The lowest BCUT2D eigenvalue weighted by Gasteiger charge is -2.19. The summed E-state index contributed by atoms with van der Waals surface area (Å²) in [7, 11) is -1.98. The van der Waals surface area contributed by atoms with Crippen LogP contribution in [0.4, 0.5) is 0 Å². The van der Waals surface area contributed by atoms with E-state index in [1.54, 1.807) is 0 Å². The molecule has 0 saturated carbocycles. The molecule has 5 nitrogen and oxygen atoms in total. The van der Waals surface area contributed by atoms with Crippen LogP contribution >= 0.6 is 34.8 Å². The van der Waals surface area contributed by atoms with Crippen molar-refractivity contribution in [1.29, 1.82) is 0 Å². The molecule has 1 fully saturated rings. The van der Waals surface area contributed by atoms with Gasteiger partial charge in [-0.1, -0.05) is 34.8 Å². The SMILES string of the molecule is C[Si](C)(C)OC(=O)CC1NC(C(Cl)(Cl)Cl)OC1=O. The van der Waals surface area contributed by atoms with Gasteiger partial charge in [0.05, 0.1) is 6.42 Å². The summed E-state index contributed by atoms with van der Waals surface area (Å²) in [5.41, 5.74) is 0. The lowest BCUT2D eigenvalue weighted by molar-refractivity contribution is -0.145. The monoisotopic (exact) mass is 333 g/mol. The third-order valence-corrected chi connectivity index (χ3v) is 3.39. The molecule has 2 unspecified atom stereocenters. The summed E-state index contributed by atoms with van der Waals surface area (Å²) < 4.78 is 8.28. The van der Waals surface area contributed by atoms with E-state index < -0.39 is 36.3 Å². The van der Waals surface area contributed by atoms with Crippen LogP contribution in [0.1, 0.15) is 6.42 Å². The van der Waals surface area contributed by atoms with E-state index in [-0.39, 0.29) is 6.42 Å². The molecular formula is C9H14Cl3NO4Si. The van der Waals surface area contributed by atoms with E-state index >= 15 is 0 Å². The van der Waals surface area contributed by atoms with E-state index in [0.717, 1.165) is 0 Å². The maximum Gasteiger partial charge on any atom is 0.325 e. The van der Waals surface area contributed by atoms with Crippen molar-refractivity contribution in [3.05, 3.63) is 0 Å². The minimum atomic E-state index is -1.98. The molecular weight excluding hydrogens is 321 g/mol. The average Bonchev–Trinajstić information content (AvgIpc) is 2.43. The first-order chi connectivity index (χ1) is 7.99. The molecule has 2 atom stereocenters. The fourth-order valence-electron chi connectivity index (χ4n) is 1.34. The van der Waals surface area contributed by atoms with Crippen molar-refractivity contribution in [3.63, 3.8) is 0 Å². The Kier molecular flexibility index (Phi) is 4.94. The van der Waals surface area contributed by atoms with Crippen molar-refractivity contribution in [2.24, 2.45) is 0 Å². The predicted molar refractivity (Wildman–Crippen MR) is 71.1 cm³/mol. The van der Waals surface area contributed by atoms with Gasteiger partial charge in [-0.3, -0.25) is 14.9 Å². The maximum absolute atomic E-state index is 11.6. The first-order valence-electron chi connectivity index (χ1n) is 5.24. The molecule has 0 spiro atoms. The lowest BCUT2D eigenvalue weighted by atomic mass is 10.2. The topological polar surface area (TPSA) is 64.6 Å². The number of rotatable bonds is 3. The van der Waals surface area contributed by atoms with Crippen LogP contribution in [0.3, 0.4) is 0 Å². The highest BCUT2D eigenvalue weighted by Crippen LogP contribution is 2.33. The van der Waals surface area contributed by atoms with Gasteiger partial charge in [-0.25, -0.2) is 0 Å². The molecule has 0 amide bonds. The number of nitrogens with one attached hydrogen (secondary N) is 1. The normalized spacial score (nSPS) is 24.9. The second kappa shape index (κ2) is 5.54.